The van der Waals surface area contributed by atoms with Gasteiger partial charge in [0, 0.05) is 13.1 Å². The quantitative estimate of drug-likeness (QED) is 0.576. The van der Waals surface area contributed by atoms with Crippen molar-refractivity contribution in [3.63, 3.8) is 0 Å². The highest BCUT2D eigenvalue weighted by molar-refractivity contribution is 6.06. The molecule has 1 unspecified atom stereocenters. The molecule has 1 atom stereocenters. The maximum atomic E-state index is 11.4. The van der Waals surface area contributed by atoms with Crippen molar-refractivity contribution >= 4 is 11.9 Å². The van der Waals surface area contributed by atoms with Crippen LogP contribution < -0.4 is 11.1 Å². The number of urea groups is 1. The summed E-state index contributed by atoms with van der Waals surface area (Å²) in [5.74, 6) is 0.476. The summed E-state index contributed by atoms with van der Waals surface area (Å²) in [6.07, 6.45) is 0.877. The molecule has 0 saturated carbocycles. The molecule has 0 aromatic heterocycles. The molecule has 0 aromatic carbocycles. The number of amides is 2. The van der Waals surface area contributed by atoms with Gasteiger partial charge in [0.25, 0.3) is 0 Å². The molecular formula is C8H14N4O. The van der Waals surface area contributed by atoms with E-state index in [2.05, 4.69) is 10.3 Å². The highest BCUT2D eigenvalue weighted by Crippen LogP contribution is 2.28. The average molecular weight is 182 g/mol. The Labute approximate surface area is 77.0 Å². The molecule has 0 aliphatic carbocycles. The van der Waals surface area contributed by atoms with Gasteiger partial charge in [-0.1, -0.05) is 0 Å². The molecule has 2 rings (SSSR count). The lowest BCUT2D eigenvalue weighted by atomic mass is 9.96. The predicted octanol–water partition coefficient (Wildman–Crippen LogP) is -0.469. The Morgan fingerprint density at radius 3 is 3.08 bits per heavy atom. The Hall–Kier alpha value is -1.10. The summed E-state index contributed by atoms with van der Waals surface area (Å²) < 4.78 is 0. The van der Waals surface area contributed by atoms with Gasteiger partial charge in [-0.15, -0.1) is 0 Å². The first-order chi connectivity index (χ1) is 6.20. The Balaban J connectivity index is 2.34. The number of aliphatic imine (C=N–C) groups is 1. The Kier molecular flexibility index (Phi) is 1.76. The molecule has 2 heterocycles. The van der Waals surface area contributed by atoms with Crippen LogP contribution in [-0.2, 0) is 0 Å². The third kappa shape index (κ3) is 0.966. The second-order valence-electron chi connectivity index (χ2n) is 3.48. The van der Waals surface area contributed by atoms with E-state index in [4.69, 9.17) is 5.73 Å². The monoisotopic (exact) mass is 182 g/mol. The lowest BCUT2D eigenvalue weighted by Crippen LogP contribution is -2.55. The number of hydrogen-bond acceptors (Lipinski definition) is 3. The summed E-state index contributed by atoms with van der Waals surface area (Å²) in [4.78, 5) is 17.0. The Bertz CT molecular complexity index is 267. The van der Waals surface area contributed by atoms with Crippen molar-refractivity contribution in [3.05, 3.63) is 0 Å². The van der Waals surface area contributed by atoms with Crippen LogP contribution >= 0.6 is 0 Å². The molecule has 5 nitrogen and oxygen atoms in total. The lowest BCUT2D eigenvalue weighted by Gasteiger charge is -2.32. The van der Waals surface area contributed by atoms with Crippen LogP contribution in [0, 0.1) is 0 Å². The maximum Gasteiger partial charge on any atom is 0.346 e. The topological polar surface area (TPSA) is 70.7 Å². The molecule has 72 valence electrons. The highest BCUT2D eigenvalue weighted by Gasteiger charge is 2.49. The van der Waals surface area contributed by atoms with Gasteiger partial charge in [-0.3, -0.25) is 0 Å². The third-order valence-electron chi connectivity index (χ3n) is 2.89. The van der Waals surface area contributed by atoms with E-state index in [1.165, 1.54) is 0 Å². The molecule has 2 aliphatic heterocycles. The van der Waals surface area contributed by atoms with Crippen molar-refractivity contribution in [1.82, 2.24) is 10.2 Å². The fourth-order valence-electron chi connectivity index (χ4n) is 2.15. The Morgan fingerprint density at radius 1 is 1.77 bits per heavy atom. The van der Waals surface area contributed by atoms with Gasteiger partial charge in [0.05, 0.1) is 0 Å². The minimum atomic E-state index is -0.314. The standard InChI is InChI=1S/C8H14N4O/c1-2-12-7(13)11-6(9)8(12)3-4-10-5-8/h10H,2-5H2,1H3,(H2,9,11,13). The van der Waals surface area contributed by atoms with Gasteiger partial charge in [0.15, 0.2) is 0 Å². The van der Waals surface area contributed by atoms with Gasteiger partial charge in [0.2, 0.25) is 0 Å². The summed E-state index contributed by atoms with van der Waals surface area (Å²) in [5.41, 5.74) is 5.47. The van der Waals surface area contributed by atoms with Crippen molar-refractivity contribution in [2.24, 2.45) is 10.7 Å². The molecule has 2 aliphatic rings. The van der Waals surface area contributed by atoms with E-state index in [-0.39, 0.29) is 11.6 Å². The molecule has 3 N–H and O–H groups in total. The van der Waals surface area contributed by atoms with Crippen LogP contribution in [0.4, 0.5) is 4.79 Å². The van der Waals surface area contributed by atoms with Crippen LogP contribution in [0.2, 0.25) is 0 Å². The van der Waals surface area contributed by atoms with Gasteiger partial charge in [-0.25, -0.2) is 4.79 Å². The number of carbonyl (C=O) groups is 1. The highest BCUT2D eigenvalue weighted by atomic mass is 16.2. The second-order valence-corrected chi connectivity index (χ2v) is 3.48. The normalized spacial score (nSPS) is 33.2. The smallest absolute Gasteiger partial charge is 0.346 e. The van der Waals surface area contributed by atoms with E-state index < -0.39 is 0 Å². The van der Waals surface area contributed by atoms with Gasteiger partial charge in [-0.2, -0.15) is 4.99 Å². The molecule has 2 amide bonds. The number of nitrogens with one attached hydrogen (secondary N) is 1. The fourth-order valence-corrected chi connectivity index (χ4v) is 2.15. The average Bonchev–Trinajstić information content (AvgIpc) is 2.62. The first-order valence-corrected chi connectivity index (χ1v) is 4.57. The van der Waals surface area contributed by atoms with Crippen LogP contribution in [0.25, 0.3) is 0 Å². The summed E-state index contributed by atoms with van der Waals surface area (Å²) in [6.45, 7) is 4.26. The zero-order valence-corrected chi connectivity index (χ0v) is 7.71. The molecule has 5 heteroatoms. The maximum absolute atomic E-state index is 11.4. The number of carbonyl (C=O) groups excluding carboxylic acids is 1. The van der Waals surface area contributed by atoms with E-state index >= 15 is 0 Å². The number of rotatable bonds is 1. The molecule has 0 bridgehead atoms. The van der Waals surface area contributed by atoms with Crippen molar-refractivity contribution in [2.75, 3.05) is 19.6 Å². The molecule has 13 heavy (non-hydrogen) atoms. The van der Waals surface area contributed by atoms with Crippen molar-refractivity contribution < 1.29 is 4.79 Å². The molecule has 0 aromatic rings. The van der Waals surface area contributed by atoms with Gasteiger partial charge in [-0.05, 0) is 19.9 Å². The fraction of sp³-hybridized carbons (Fsp3) is 0.750. The van der Waals surface area contributed by atoms with Crippen LogP contribution in [-0.4, -0.2) is 41.9 Å². The van der Waals surface area contributed by atoms with Gasteiger partial charge >= 0.3 is 6.03 Å². The van der Waals surface area contributed by atoms with Crippen molar-refractivity contribution in [3.8, 4) is 0 Å². The summed E-state index contributed by atoms with van der Waals surface area (Å²) >= 11 is 0. The SMILES string of the molecule is CCN1C(=O)N=C(N)C12CCNC2. The molecule has 1 saturated heterocycles. The van der Waals surface area contributed by atoms with Crippen LogP contribution in [0.5, 0.6) is 0 Å². The van der Waals surface area contributed by atoms with Crippen LogP contribution in [0.1, 0.15) is 13.3 Å². The number of likely N-dealkylation sites (N-methyl/N-ethyl adjacent to an activating group) is 1. The van der Waals surface area contributed by atoms with Crippen LogP contribution in [0.15, 0.2) is 4.99 Å². The van der Waals surface area contributed by atoms with E-state index in [0.29, 0.717) is 12.4 Å². The van der Waals surface area contributed by atoms with Crippen molar-refractivity contribution in [1.29, 1.82) is 0 Å². The minimum Gasteiger partial charge on any atom is -0.385 e. The first kappa shape index (κ1) is 8.50. The zero-order chi connectivity index (χ0) is 9.47. The first-order valence-electron chi connectivity index (χ1n) is 4.57. The predicted molar refractivity (Wildman–Crippen MR) is 49.6 cm³/mol. The second kappa shape index (κ2) is 2.70. The number of nitrogens with zero attached hydrogens (tertiary/aromatic N) is 2. The lowest BCUT2D eigenvalue weighted by molar-refractivity contribution is 0.183. The Morgan fingerprint density at radius 2 is 2.54 bits per heavy atom. The van der Waals surface area contributed by atoms with E-state index in [1.807, 2.05) is 6.92 Å². The van der Waals surface area contributed by atoms with Gasteiger partial charge in [0.1, 0.15) is 11.4 Å². The summed E-state index contributed by atoms with van der Waals surface area (Å²) in [5, 5.41) is 3.22. The summed E-state index contributed by atoms with van der Waals surface area (Å²) in [7, 11) is 0. The van der Waals surface area contributed by atoms with Gasteiger partial charge < -0.3 is 16.0 Å². The zero-order valence-electron chi connectivity index (χ0n) is 7.71. The van der Waals surface area contributed by atoms with Crippen molar-refractivity contribution in [2.45, 2.75) is 18.9 Å². The van der Waals surface area contributed by atoms with Crippen LogP contribution in [0.3, 0.4) is 0 Å². The third-order valence-corrected chi connectivity index (χ3v) is 2.89. The van der Waals surface area contributed by atoms with E-state index in [0.717, 1.165) is 19.5 Å². The largest absolute Gasteiger partial charge is 0.385 e. The molecule has 0 radical (unpaired) electrons. The number of nitrogens with two attached hydrogens (primary N) is 1. The molecular weight excluding hydrogens is 168 g/mol. The number of hydrogen-bond donors (Lipinski definition) is 2. The van der Waals surface area contributed by atoms with E-state index in [1.54, 1.807) is 4.90 Å². The minimum absolute atomic E-state index is 0.191. The van der Waals surface area contributed by atoms with E-state index in [9.17, 15) is 4.79 Å². The number of amidine groups is 1. The molecule has 1 fully saturated rings. The summed E-state index contributed by atoms with van der Waals surface area (Å²) in [6, 6.07) is -0.191. The molecule has 1 spiro atoms.